The second-order valence-electron chi connectivity index (χ2n) is 3.33. The molecule has 0 aliphatic heterocycles. The Morgan fingerprint density at radius 3 is 3.25 bits per heavy atom. The van der Waals surface area contributed by atoms with Crippen LogP contribution < -0.4 is 5.73 Å². The van der Waals surface area contributed by atoms with E-state index in [9.17, 15) is 0 Å². The van der Waals surface area contributed by atoms with E-state index in [1.165, 1.54) is 6.33 Å². The van der Waals surface area contributed by atoms with Crippen LogP contribution in [0.3, 0.4) is 0 Å². The number of halogens is 2. The van der Waals surface area contributed by atoms with Gasteiger partial charge in [-0.2, -0.15) is 0 Å². The smallest absolute Gasteiger partial charge is 0.146 e. The third kappa shape index (κ3) is 2.07. The molecule has 0 fully saturated rings. The van der Waals surface area contributed by atoms with E-state index in [1.54, 1.807) is 6.08 Å². The summed E-state index contributed by atoms with van der Waals surface area (Å²) in [5, 5.41) is 1.30. The topological polar surface area (TPSA) is 56.7 Å². The number of fused-ring (bicyclic) bond motifs is 1. The molecule has 0 spiro atoms. The molecular weight excluding hydrogens is 338 g/mol. The van der Waals surface area contributed by atoms with Gasteiger partial charge in [0, 0.05) is 22.4 Å². The van der Waals surface area contributed by atoms with Crippen molar-refractivity contribution < 1.29 is 1.41 Å². The molecule has 6 heteroatoms. The Labute approximate surface area is 113 Å². The lowest BCUT2D eigenvalue weighted by molar-refractivity contribution is 0.644. The zero-order chi connectivity index (χ0) is 12.4. The first kappa shape index (κ1) is 10.5. The summed E-state index contributed by atoms with van der Waals surface area (Å²) in [5.41, 5.74) is 3.20. The molecule has 4 nitrogen and oxygen atoms in total. The molecule has 0 saturated heterocycles. The SMILES string of the molecule is [3H]NC(C=C)Cn1cc(I)c2c(Cl)ncnc21. The number of nitrogens with two attached hydrogens (primary N) is 1. The van der Waals surface area contributed by atoms with Gasteiger partial charge in [-0.05, 0) is 22.6 Å². The molecule has 1 atom stereocenters. The molecule has 0 aromatic carbocycles. The van der Waals surface area contributed by atoms with Gasteiger partial charge in [0.1, 0.15) is 18.5 Å². The lowest BCUT2D eigenvalue weighted by atomic mass is 10.3. The summed E-state index contributed by atoms with van der Waals surface area (Å²) >= 11 is 8.23. The molecule has 0 amide bonds. The number of hydrogen-bond acceptors (Lipinski definition) is 3. The van der Waals surface area contributed by atoms with Gasteiger partial charge in [0.15, 0.2) is 0 Å². The van der Waals surface area contributed by atoms with Crippen LogP contribution in [0.25, 0.3) is 11.0 Å². The highest BCUT2D eigenvalue weighted by molar-refractivity contribution is 14.1. The van der Waals surface area contributed by atoms with Crippen molar-refractivity contribution in [2.45, 2.75) is 12.6 Å². The van der Waals surface area contributed by atoms with Crippen LogP contribution in [0, 0.1) is 3.57 Å². The van der Waals surface area contributed by atoms with Gasteiger partial charge in [-0.25, -0.2) is 9.97 Å². The molecule has 0 saturated carbocycles. The van der Waals surface area contributed by atoms with Crippen molar-refractivity contribution in [3.8, 4) is 0 Å². The summed E-state index contributed by atoms with van der Waals surface area (Å²) in [5.74, 6) is 0. The van der Waals surface area contributed by atoms with Gasteiger partial charge in [-0.1, -0.05) is 17.7 Å². The molecule has 0 radical (unpaired) electrons. The number of aromatic nitrogens is 3. The fourth-order valence-corrected chi connectivity index (χ4v) is 2.69. The van der Waals surface area contributed by atoms with Gasteiger partial charge in [0.05, 0.1) is 5.39 Å². The van der Waals surface area contributed by atoms with Crippen molar-refractivity contribution in [2.75, 3.05) is 0 Å². The monoisotopic (exact) mass is 350 g/mol. The molecule has 1 unspecified atom stereocenters. The van der Waals surface area contributed by atoms with Crippen LogP contribution in [0.4, 0.5) is 0 Å². The summed E-state index contributed by atoms with van der Waals surface area (Å²) in [6.07, 6.45) is 5.07. The van der Waals surface area contributed by atoms with E-state index in [4.69, 9.17) is 13.0 Å². The minimum Gasteiger partial charge on any atom is -0.329 e. The molecule has 16 heavy (non-hydrogen) atoms. The number of hydrogen-bond donors (Lipinski definition) is 1. The van der Waals surface area contributed by atoms with Crippen molar-refractivity contribution in [1.29, 1.82) is 0 Å². The summed E-state index contributed by atoms with van der Waals surface area (Å²) in [6.45, 7) is 4.26. The van der Waals surface area contributed by atoms with Gasteiger partial charge in [-0.15, -0.1) is 6.58 Å². The number of rotatable bonds is 4. The Bertz CT molecular complexity index is 556. The molecule has 2 heterocycles. The first-order valence-electron chi connectivity index (χ1n) is 5.12. The quantitative estimate of drug-likeness (QED) is 0.522. The summed E-state index contributed by atoms with van der Waals surface area (Å²) in [7, 11) is 0. The molecule has 2 aromatic heterocycles. The zero-order valence-electron chi connectivity index (χ0n) is 9.32. The minimum absolute atomic E-state index is 0.129. The van der Waals surface area contributed by atoms with Crippen LogP contribution >= 0.6 is 34.2 Å². The maximum absolute atomic E-state index is 7.17. The zero-order valence-corrected chi connectivity index (χ0v) is 11.2. The fourth-order valence-electron chi connectivity index (χ4n) is 1.47. The molecule has 2 N–H and O–H groups in total. The molecule has 2 aromatic rings. The minimum atomic E-state index is -0.129. The van der Waals surface area contributed by atoms with Crippen molar-refractivity contribution >= 4 is 45.2 Å². The van der Waals surface area contributed by atoms with Crippen molar-refractivity contribution in [3.05, 3.63) is 33.9 Å². The van der Waals surface area contributed by atoms with Crippen LogP contribution in [0.5, 0.6) is 0 Å². The highest BCUT2D eigenvalue weighted by Crippen LogP contribution is 2.26. The van der Waals surface area contributed by atoms with Gasteiger partial charge in [0.25, 0.3) is 0 Å². The largest absolute Gasteiger partial charge is 0.329 e. The summed E-state index contributed by atoms with van der Waals surface area (Å²) in [6, 6.07) is -0.129. The predicted molar refractivity (Wildman–Crippen MR) is 73.4 cm³/mol. The molecule has 84 valence electrons. The van der Waals surface area contributed by atoms with Gasteiger partial charge in [-0.3, -0.25) is 0 Å². The van der Waals surface area contributed by atoms with Crippen molar-refractivity contribution in [1.82, 2.24) is 14.5 Å². The van der Waals surface area contributed by atoms with Gasteiger partial charge >= 0.3 is 0 Å². The van der Waals surface area contributed by atoms with Crippen molar-refractivity contribution in [2.24, 2.45) is 5.73 Å². The van der Waals surface area contributed by atoms with E-state index in [-0.39, 0.29) is 6.04 Å². The average molecular weight is 351 g/mol. The molecule has 2 rings (SSSR count). The molecule has 0 bridgehead atoms. The van der Waals surface area contributed by atoms with Crippen LogP contribution in [0.1, 0.15) is 0 Å². The Kier molecular flexibility index (Phi) is 3.07. The van der Waals surface area contributed by atoms with E-state index < -0.39 is 0 Å². The average Bonchev–Trinajstić information content (AvgIpc) is 2.64. The Morgan fingerprint density at radius 1 is 1.75 bits per heavy atom. The third-order valence-corrected chi connectivity index (χ3v) is 3.34. The molecule has 0 aliphatic rings. The lowest BCUT2D eigenvalue weighted by Crippen LogP contribution is -2.23. The Morgan fingerprint density at radius 2 is 2.56 bits per heavy atom. The maximum Gasteiger partial charge on any atom is 0.146 e. The fraction of sp³-hybridized carbons (Fsp3) is 0.200. The predicted octanol–water partition coefficient (Wildman–Crippen LogP) is 2.20. The first-order chi connectivity index (χ1) is 8.17. The van der Waals surface area contributed by atoms with E-state index in [0.717, 1.165) is 14.6 Å². The normalized spacial score (nSPS) is 13.8. The Balaban J connectivity index is 2.49. The summed E-state index contributed by atoms with van der Waals surface area (Å²) in [4.78, 5) is 8.19. The van der Waals surface area contributed by atoms with E-state index >= 15 is 0 Å². The molecular formula is C10H10ClIN4. The highest BCUT2D eigenvalue weighted by atomic mass is 127. The van der Waals surface area contributed by atoms with Crippen LogP contribution in [-0.2, 0) is 6.54 Å². The van der Waals surface area contributed by atoms with Gasteiger partial charge in [0.2, 0.25) is 0 Å². The Hall–Kier alpha value is -0.660. The lowest BCUT2D eigenvalue weighted by Gasteiger charge is -2.08. The van der Waals surface area contributed by atoms with Crippen molar-refractivity contribution in [3.63, 3.8) is 0 Å². The first-order valence-corrected chi connectivity index (χ1v) is 6.07. The maximum atomic E-state index is 7.17. The summed E-state index contributed by atoms with van der Waals surface area (Å²) < 4.78 is 10.1. The van der Waals surface area contributed by atoms with E-state index in [0.29, 0.717) is 11.7 Å². The van der Waals surface area contributed by atoms with E-state index in [1.807, 2.05) is 10.8 Å². The molecule has 0 aliphatic carbocycles. The standard InChI is InChI=1S/C10H10ClIN4/c1-2-6(13)3-16-4-7(12)8-9(11)14-5-15-10(8)16/h2,4-6H,1,3,13H2/i/hT. The van der Waals surface area contributed by atoms with E-state index in [2.05, 4.69) is 44.9 Å². The second kappa shape index (κ2) is 4.68. The second-order valence-corrected chi connectivity index (χ2v) is 4.85. The van der Waals surface area contributed by atoms with Crippen LogP contribution in [0.2, 0.25) is 6.56 Å². The van der Waals surface area contributed by atoms with Crippen LogP contribution in [-0.4, -0.2) is 20.6 Å². The highest BCUT2D eigenvalue weighted by Gasteiger charge is 2.12. The van der Waals surface area contributed by atoms with Gasteiger partial charge < -0.3 is 10.3 Å². The van der Waals surface area contributed by atoms with Crippen LogP contribution in [0.15, 0.2) is 25.2 Å². The number of nitrogens with zero attached hydrogens (tertiary/aromatic N) is 3. The third-order valence-electron chi connectivity index (χ3n) is 2.24.